The number of halogens is 1. The van der Waals surface area contributed by atoms with E-state index in [9.17, 15) is 18.0 Å². The third kappa shape index (κ3) is 8.57. The Morgan fingerprint density at radius 1 is 0.865 bits per heavy atom. The lowest BCUT2D eigenvalue weighted by atomic mass is 10.0. The maximum Gasteiger partial charge on any atom is 0.244 e. The van der Waals surface area contributed by atoms with E-state index in [1.807, 2.05) is 74.5 Å². The van der Waals surface area contributed by atoms with Gasteiger partial charge in [0, 0.05) is 22.6 Å². The van der Waals surface area contributed by atoms with Crippen LogP contribution in [0.15, 0.2) is 84.9 Å². The third-order valence-corrected chi connectivity index (χ3v) is 7.55. The number of anilines is 1. The van der Waals surface area contributed by atoms with E-state index < -0.39 is 28.5 Å². The molecule has 0 bridgehead atoms. The lowest BCUT2D eigenvalue weighted by Gasteiger charge is -2.34. The molecule has 0 heterocycles. The highest BCUT2D eigenvalue weighted by molar-refractivity contribution is 14.1. The minimum absolute atomic E-state index is 0.126. The maximum atomic E-state index is 13.9. The molecule has 0 aliphatic heterocycles. The van der Waals surface area contributed by atoms with Gasteiger partial charge in [-0.05, 0) is 71.8 Å². The minimum Gasteiger partial charge on any atom is -0.352 e. The standard InChI is InChI=1S/C28H32IN3O4S/c1-21(2)30-28(34)26(18-22-10-6-4-7-11-22)31(19-23-12-8-5-9-13-23)27(33)20-32(37(3,35)36)25-16-14-24(29)15-17-25/h4-17,21,26H,18-20H2,1-3H3,(H,30,34)/t26-/m0/s1. The van der Waals surface area contributed by atoms with Gasteiger partial charge in [-0.15, -0.1) is 0 Å². The van der Waals surface area contributed by atoms with Gasteiger partial charge in [0.2, 0.25) is 21.8 Å². The van der Waals surface area contributed by atoms with Crippen molar-refractivity contribution in [3.8, 4) is 0 Å². The van der Waals surface area contributed by atoms with Crippen LogP contribution in [0.3, 0.4) is 0 Å². The first-order chi connectivity index (χ1) is 17.5. The van der Waals surface area contributed by atoms with Gasteiger partial charge in [0.15, 0.2) is 0 Å². The van der Waals surface area contributed by atoms with Gasteiger partial charge >= 0.3 is 0 Å². The normalized spacial score (nSPS) is 12.1. The molecule has 0 aliphatic carbocycles. The van der Waals surface area contributed by atoms with Crippen molar-refractivity contribution in [2.75, 3.05) is 17.1 Å². The second-order valence-corrected chi connectivity index (χ2v) is 12.3. The van der Waals surface area contributed by atoms with E-state index in [2.05, 4.69) is 27.9 Å². The fourth-order valence-electron chi connectivity index (χ4n) is 3.94. The fraction of sp³-hybridized carbons (Fsp3) is 0.286. The van der Waals surface area contributed by atoms with Gasteiger partial charge in [-0.1, -0.05) is 60.7 Å². The molecule has 1 N–H and O–H groups in total. The summed E-state index contributed by atoms with van der Waals surface area (Å²) in [5.41, 5.74) is 2.13. The molecule has 0 spiro atoms. The van der Waals surface area contributed by atoms with Crippen LogP contribution < -0.4 is 9.62 Å². The number of nitrogens with one attached hydrogen (secondary N) is 1. The summed E-state index contributed by atoms with van der Waals surface area (Å²) < 4.78 is 27.5. The van der Waals surface area contributed by atoms with Crippen molar-refractivity contribution in [1.29, 1.82) is 0 Å². The van der Waals surface area contributed by atoms with Crippen molar-refractivity contribution in [3.63, 3.8) is 0 Å². The molecular formula is C28H32IN3O4S. The molecule has 0 fully saturated rings. The Bertz CT molecular complexity index is 1280. The molecular weight excluding hydrogens is 601 g/mol. The number of rotatable bonds is 11. The van der Waals surface area contributed by atoms with E-state index in [4.69, 9.17) is 0 Å². The second-order valence-electron chi connectivity index (χ2n) is 9.12. The van der Waals surface area contributed by atoms with E-state index in [0.717, 1.165) is 25.3 Å². The van der Waals surface area contributed by atoms with E-state index >= 15 is 0 Å². The van der Waals surface area contributed by atoms with Gasteiger partial charge in [-0.25, -0.2) is 8.42 Å². The Labute approximate surface area is 233 Å². The average molecular weight is 634 g/mol. The summed E-state index contributed by atoms with van der Waals surface area (Å²) in [5.74, 6) is -0.754. The van der Waals surface area contributed by atoms with Crippen LogP contribution >= 0.6 is 22.6 Å². The Hall–Kier alpha value is -2.92. The SMILES string of the molecule is CC(C)NC(=O)[C@H](Cc1ccccc1)N(Cc1ccccc1)C(=O)CN(c1ccc(I)cc1)S(C)(=O)=O. The summed E-state index contributed by atoms with van der Waals surface area (Å²) in [7, 11) is -3.77. The summed E-state index contributed by atoms with van der Waals surface area (Å²) in [4.78, 5) is 28.8. The second kappa shape index (κ2) is 13.0. The maximum absolute atomic E-state index is 13.9. The molecule has 196 valence electrons. The molecule has 3 aromatic carbocycles. The zero-order chi connectivity index (χ0) is 27.0. The summed E-state index contributed by atoms with van der Waals surface area (Å²) in [6, 6.07) is 24.8. The zero-order valence-electron chi connectivity index (χ0n) is 21.2. The zero-order valence-corrected chi connectivity index (χ0v) is 24.1. The number of carbonyl (C=O) groups is 2. The summed E-state index contributed by atoms with van der Waals surface area (Å²) in [6.07, 6.45) is 1.37. The minimum atomic E-state index is -3.77. The highest BCUT2D eigenvalue weighted by Crippen LogP contribution is 2.21. The highest BCUT2D eigenvalue weighted by Gasteiger charge is 2.33. The number of carbonyl (C=O) groups excluding carboxylic acids is 2. The van der Waals surface area contributed by atoms with Gasteiger partial charge in [0.1, 0.15) is 12.6 Å². The van der Waals surface area contributed by atoms with Crippen LogP contribution in [-0.2, 0) is 32.6 Å². The number of hydrogen-bond donors (Lipinski definition) is 1. The molecule has 0 saturated heterocycles. The van der Waals surface area contributed by atoms with Crippen LogP contribution in [0.5, 0.6) is 0 Å². The van der Waals surface area contributed by atoms with Crippen LogP contribution in [0.25, 0.3) is 0 Å². The molecule has 2 amide bonds. The van der Waals surface area contributed by atoms with E-state index in [1.165, 1.54) is 4.90 Å². The molecule has 1 atom stereocenters. The lowest BCUT2D eigenvalue weighted by molar-refractivity contribution is -0.140. The van der Waals surface area contributed by atoms with Crippen LogP contribution in [-0.4, -0.2) is 50.0 Å². The van der Waals surface area contributed by atoms with Crippen molar-refractivity contribution in [1.82, 2.24) is 10.2 Å². The smallest absolute Gasteiger partial charge is 0.244 e. The Balaban J connectivity index is 2.02. The molecule has 37 heavy (non-hydrogen) atoms. The molecule has 0 radical (unpaired) electrons. The van der Waals surface area contributed by atoms with Gasteiger partial charge in [0.25, 0.3) is 0 Å². The van der Waals surface area contributed by atoms with Crippen LogP contribution in [0, 0.1) is 3.57 Å². The van der Waals surface area contributed by atoms with Crippen molar-refractivity contribution in [2.24, 2.45) is 0 Å². The summed E-state index contributed by atoms with van der Waals surface area (Å²) >= 11 is 2.14. The van der Waals surface area contributed by atoms with Gasteiger partial charge in [-0.3, -0.25) is 13.9 Å². The first-order valence-electron chi connectivity index (χ1n) is 12.0. The predicted molar refractivity (Wildman–Crippen MR) is 156 cm³/mol. The quantitative estimate of drug-likeness (QED) is 0.321. The monoisotopic (exact) mass is 633 g/mol. The molecule has 0 saturated carbocycles. The van der Waals surface area contributed by atoms with Crippen LogP contribution in [0.2, 0.25) is 0 Å². The molecule has 0 aromatic heterocycles. The molecule has 9 heteroatoms. The third-order valence-electron chi connectivity index (χ3n) is 5.69. The Morgan fingerprint density at radius 2 is 1.41 bits per heavy atom. The molecule has 3 aromatic rings. The Kier molecular flexibility index (Phi) is 10.1. The van der Waals surface area contributed by atoms with Gasteiger partial charge in [-0.2, -0.15) is 0 Å². The fourth-order valence-corrected chi connectivity index (χ4v) is 5.15. The van der Waals surface area contributed by atoms with Gasteiger partial charge in [0.05, 0.1) is 11.9 Å². The molecule has 0 unspecified atom stereocenters. The lowest BCUT2D eigenvalue weighted by Crippen LogP contribution is -2.54. The van der Waals surface area contributed by atoms with E-state index in [0.29, 0.717) is 12.1 Å². The van der Waals surface area contributed by atoms with Crippen LogP contribution in [0.1, 0.15) is 25.0 Å². The number of hydrogen-bond acceptors (Lipinski definition) is 4. The number of amides is 2. The number of nitrogens with zero attached hydrogens (tertiary/aromatic N) is 2. The predicted octanol–water partition coefficient (Wildman–Crippen LogP) is 4.22. The van der Waals surface area contributed by atoms with Crippen molar-refractivity contribution in [3.05, 3.63) is 99.6 Å². The van der Waals surface area contributed by atoms with Crippen LogP contribution in [0.4, 0.5) is 5.69 Å². The van der Waals surface area contributed by atoms with E-state index in [1.54, 1.807) is 24.3 Å². The summed E-state index contributed by atoms with van der Waals surface area (Å²) in [5, 5.41) is 2.94. The number of sulfonamides is 1. The molecule has 0 aliphatic rings. The van der Waals surface area contributed by atoms with Gasteiger partial charge < -0.3 is 10.2 Å². The molecule has 3 rings (SSSR count). The van der Waals surface area contributed by atoms with E-state index in [-0.39, 0.29) is 18.5 Å². The topological polar surface area (TPSA) is 86.8 Å². The van der Waals surface area contributed by atoms with Crippen molar-refractivity contribution >= 4 is 50.1 Å². The Morgan fingerprint density at radius 3 is 1.92 bits per heavy atom. The average Bonchev–Trinajstić information content (AvgIpc) is 2.85. The van der Waals surface area contributed by atoms with Crippen molar-refractivity contribution < 1.29 is 18.0 Å². The first kappa shape index (κ1) is 28.6. The number of benzene rings is 3. The first-order valence-corrected chi connectivity index (χ1v) is 14.9. The largest absolute Gasteiger partial charge is 0.352 e. The van der Waals surface area contributed by atoms with Crippen molar-refractivity contribution in [2.45, 2.75) is 38.9 Å². The molecule has 7 nitrogen and oxygen atoms in total. The highest BCUT2D eigenvalue weighted by atomic mass is 127. The summed E-state index contributed by atoms with van der Waals surface area (Å²) in [6.45, 7) is 3.46.